The lowest BCUT2D eigenvalue weighted by Gasteiger charge is -1.86. The molecule has 0 aliphatic rings. The van der Waals surface area contributed by atoms with Crippen LogP contribution >= 0.6 is 0 Å². The Morgan fingerprint density at radius 2 is 2.38 bits per heavy atom. The van der Waals surface area contributed by atoms with E-state index >= 15 is 0 Å². The smallest absolute Gasteiger partial charge is 0.0588 e. The van der Waals surface area contributed by atoms with Gasteiger partial charge in [0.25, 0.3) is 0 Å². The van der Waals surface area contributed by atoms with E-state index in [0.29, 0.717) is 0 Å². The van der Waals surface area contributed by atoms with E-state index in [1.165, 1.54) is 6.20 Å². The first-order chi connectivity index (χ1) is 3.93. The van der Waals surface area contributed by atoms with Gasteiger partial charge in [-0.3, -0.25) is 0 Å². The fraction of sp³-hybridized carbons (Fsp3) is 0.200. The lowest BCUT2D eigenvalue weighted by atomic mass is 10.3. The fourth-order valence-electron chi connectivity index (χ4n) is 0.412. The summed E-state index contributed by atoms with van der Waals surface area (Å²) in [4.78, 5) is 0. The van der Waals surface area contributed by atoms with Crippen molar-refractivity contribution in [3.05, 3.63) is 24.0 Å². The van der Waals surface area contributed by atoms with Crippen LogP contribution in [0.2, 0.25) is 0 Å². The number of aromatic nitrogens is 2. The van der Waals surface area contributed by atoms with Crippen molar-refractivity contribution in [3.8, 4) is 0 Å². The summed E-state index contributed by atoms with van der Waals surface area (Å²) in [6.07, 6.45) is 3.07. The minimum Gasteiger partial charge on any atom is -0.159 e. The third-order valence-corrected chi connectivity index (χ3v) is 0.828. The molecule has 0 aliphatic carbocycles. The Kier molecular flexibility index (Phi) is 1.54. The number of hydrogen-bond acceptors (Lipinski definition) is 2. The third kappa shape index (κ3) is 1.01. The van der Waals surface area contributed by atoms with Crippen molar-refractivity contribution in [2.75, 3.05) is 0 Å². The molecule has 2 radical (unpaired) electrons. The first kappa shape index (κ1) is 5.18. The van der Waals surface area contributed by atoms with E-state index in [0.717, 1.165) is 5.56 Å². The van der Waals surface area contributed by atoms with E-state index in [1.807, 2.05) is 0 Å². The minimum absolute atomic E-state index is 0.0372. The summed E-state index contributed by atoms with van der Waals surface area (Å²) < 4.78 is 0. The van der Waals surface area contributed by atoms with Crippen LogP contribution in [0.4, 0.5) is 0 Å². The van der Waals surface area contributed by atoms with Gasteiger partial charge in [0.2, 0.25) is 0 Å². The first-order valence-corrected chi connectivity index (χ1v) is 2.30. The minimum atomic E-state index is 0.0372. The average molecular weight is 107 g/mol. The highest BCUT2D eigenvalue weighted by Crippen LogP contribution is 1.89. The molecule has 0 aromatic carbocycles. The summed E-state index contributed by atoms with van der Waals surface area (Å²) in [6.45, 7) is 0.0372. The van der Waals surface area contributed by atoms with Gasteiger partial charge in [-0.2, -0.15) is 10.2 Å². The quantitative estimate of drug-likeness (QED) is 0.509. The predicted octanol–water partition coefficient (Wildman–Crippen LogP) is 0.0453. The summed E-state index contributed by atoms with van der Waals surface area (Å²) in [5, 5.41) is 7.08. The summed E-state index contributed by atoms with van der Waals surface area (Å²) in [7, 11) is 0. The lowest BCUT2D eigenvalue weighted by Crippen LogP contribution is -1.86. The van der Waals surface area contributed by atoms with Crippen LogP contribution in [-0.2, 0) is 6.54 Å². The van der Waals surface area contributed by atoms with Gasteiger partial charge in [0.15, 0.2) is 0 Å². The molecular formula is C5H5N3. The molecular weight excluding hydrogens is 102 g/mol. The Labute approximate surface area is 47.5 Å². The largest absolute Gasteiger partial charge is 0.159 e. The lowest BCUT2D eigenvalue weighted by molar-refractivity contribution is 0.950. The highest BCUT2D eigenvalue weighted by Gasteiger charge is 1.84. The van der Waals surface area contributed by atoms with E-state index in [2.05, 4.69) is 10.2 Å². The molecule has 0 fully saturated rings. The molecule has 40 valence electrons. The zero-order valence-corrected chi connectivity index (χ0v) is 4.28. The molecule has 0 N–H and O–H groups in total. The maximum absolute atomic E-state index is 8.47. The van der Waals surface area contributed by atoms with Gasteiger partial charge in [-0.25, -0.2) is 0 Å². The molecule has 0 saturated heterocycles. The molecule has 0 aliphatic heterocycles. The van der Waals surface area contributed by atoms with Crippen molar-refractivity contribution < 1.29 is 0 Å². The Morgan fingerprint density at radius 3 is 2.75 bits per heavy atom. The second kappa shape index (κ2) is 2.37. The van der Waals surface area contributed by atoms with Crippen molar-refractivity contribution in [2.24, 2.45) is 0 Å². The van der Waals surface area contributed by atoms with Gasteiger partial charge in [0, 0.05) is 6.20 Å². The predicted molar refractivity (Wildman–Crippen MR) is 27.9 cm³/mol. The molecule has 3 nitrogen and oxygen atoms in total. The molecule has 1 aromatic rings. The van der Waals surface area contributed by atoms with Crippen molar-refractivity contribution in [2.45, 2.75) is 6.54 Å². The van der Waals surface area contributed by atoms with Crippen molar-refractivity contribution in [1.29, 1.82) is 0 Å². The van der Waals surface area contributed by atoms with Gasteiger partial charge in [-0.1, -0.05) is 0 Å². The standard InChI is InChI=1S/C5H5N3/c6-3-5-1-2-7-8-4-5/h1-2,4H,3H2. The third-order valence-electron chi connectivity index (χ3n) is 0.828. The van der Waals surface area contributed by atoms with Gasteiger partial charge in [0.1, 0.15) is 0 Å². The SMILES string of the molecule is [N]Cc1ccnnc1. The maximum atomic E-state index is 8.47. The van der Waals surface area contributed by atoms with E-state index < -0.39 is 0 Å². The molecule has 3 heteroatoms. The number of rotatable bonds is 1. The summed E-state index contributed by atoms with van der Waals surface area (Å²) >= 11 is 0. The van der Waals surface area contributed by atoms with E-state index in [9.17, 15) is 0 Å². The molecule has 0 saturated carbocycles. The van der Waals surface area contributed by atoms with Gasteiger partial charge >= 0.3 is 0 Å². The zero-order chi connectivity index (χ0) is 5.82. The van der Waals surface area contributed by atoms with Crippen molar-refractivity contribution in [3.63, 3.8) is 0 Å². The fourth-order valence-corrected chi connectivity index (χ4v) is 0.412. The Bertz CT molecular complexity index is 149. The molecule has 0 unspecified atom stereocenters. The first-order valence-electron chi connectivity index (χ1n) is 2.30. The molecule has 0 atom stereocenters. The Hall–Kier alpha value is -0.960. The van der Waals surface area contributed by atoms with Crippen molar-refractivity contribution >= 4 is 0 Å². The normalized spacial score (nSPS) is 9.12. The monoisotopic (exact) mass is 107 g/mol. The molecule has 8 heavy (non-hydrogen) atoms. The maximum Gasteiger partial charge on any atom is 0.0588 e. The molecule has 0 bridgehead atoms. The topological polar surface area (TPSA) is 48.1 Å². The zero-order valence-electron chi connectivity index (χ0n) is 4.28. The van der Waals surface area contributed by atoms with Crippen LogP contribution in [0, 0.1) is 0 Å². The number of nitrogens with zero attached hydrogens (tertiary/aromatic N) is 3. The Balaban J connectivity index is 2.83. The molecule has 0 spiro atoms. The highest BCUT2D eigenvalue weighted by molar-refractivity contribution is 5.03. The van der Waals surface area contributed by atoms with Crippen LogP contribution in [-0.4, -0.2) is 10.2 Å². The second-order valence-electron chi connectivity index (χ2n) is 1.41. The van der Waals surface area contributed by atoms with Crippen LogP contribution in [0.15, 0.2) is 18.5 Å². The van der Waals surface area contributed by atoms with E-state index in [4.69, 9.17) is 5.73 Å². The van der Waals surface area contributed by atoms with E-state index in [1.54, 1.807) is 12.3 Å². The Morgan fingerprint density at radius 1 is 1.50 bits per heavy atom. The van der Waals surface area contributed by atoms with Crippen LogP contribution in [0.1, 0.15) is 5.56 Å². The van der Waals surface area contributed by atoms with Crippen molar-refractivity contribution in [1.82, 2.24) is 15.9 Å². The van der Waals surface area contributed by atoms with Crippen LogP contribution in [0.25, 0.3) is 0 Å². The summed E-state index contributed by atoms with van der Waals surface area (Å²) in [6, 6.07) is 1.72. The van der Waals surface area contributed by atoms with E-state index in [-0.39, 0.29) is 6.54 Å². The van der Waals surface area contributed by atoms with Gasteiger partial charge in [-0.05, 0) is 11.6 Å². The van der Waals surface area contributed by atoms with Gasteiger partial charge < -0.3 is 0 Å². The molecule has 1 heterocycles. The summed E-state index contributed by atoms with van der Waals surface area (Å²) in [5.41, 5.74) is 9.26. The van der Waals surface area contributed by atoms with Crippen LogP contribution in [0.3, 0.4) is 0 Å². The number of hydrogen-bond donors (Lipinski definition) is 0. The highest BCUT2D eigenvalue weighted by atomic mass is 15.1. The molecule has 0 amide bonds. The summed E-state index contributed by atoms with van der Waals surface area (Å²) in [5.74, 6) is 0. The average Bonchev–Trinajstić information content (AvgIpc) is 1.90. The molecule has 1 rings (SSSR count). The second-order valence-corrected chi connectivity index (χ2v) is 1.41. The van der Waals surface area contributed by atoms with Gasteiger partial charge in [-0.15, -0.1) is 5.73 Å². The van der Waals surface area contributed by atoms with Crippen LogP contribution in [0.5, 0.6) is 0 Å². The molecule has 1 aromatic heterocycles. The van der Waals surface area contributed by atoms with Gasteiger partial charge in [0.05, 0.1) is 12.7 Å². The van der Waals surface area contributed by atoms with Crippen LogP contribution < -0.4 is 5.73 Å².